The Morgan fingerprint density at radius 2 is 1.89 bits per heavy atom. The largest absolute Gasteiger partial charge is 0.461 e. The quantitative estimate of drug-likeness (QED) is 0.281. The van der Waals surface area contributed by atoms with E-state index in [-0.39, 0.29) is 18.9 Å². The van der Waals surface area contributed by atoms with Crippen molar-refractivity contribution in [2.24, 2.45) is 0 Å². The zero-order valence-electron chi connectivity index (χ0n) is 15.3. The van der Waals surface area contributed by atoms with Crippen molar-refractivity contribution in [3.63, 3.8) is 0 Å². The van der Waals surface area contributed by atoms with E-state index in [1.807, 2.05) is 0 Å². The van der Waals surface area contributed by atoms with Crippen molar-refractivity contribution in [2.75, 3.05) is 7.11 Å². The highest BCUT2D eigenvalue weighted by molar-refractivity contribution is 6.30. The van der Waals surface area contributed by atoms with Crippen LogP contribution >= 0.6 is 11.6 Å². The van der Waals surface area contributed by atoms with Crippen molar-refractivity contribution in [1.82, 2.24) is 5.32 Å². The Kier molecular flexibility index (Phi) is 9.36. The van der Waals surface area contributed by atoms with Gasteiger partial charge in [0.2, 0.25) is 5.78 Å². The number of halogens is 1. The molecule has 146 valence electrons. The Morgan fingerprint density at radius 3 is 2.41 bits per heavy atom. The van der Waals surface area contributed by atoms with E-state index in [4.69, 9.17) is 26.6 Å². The summed E-state index contributed by atoms with van der Waals surface area (Å²) in [5.74, 6) is -1.72. The number of methoxy groups -OCH3 is 1. The molecule has 0 aromatic heterocycles. The molecule has 1 rings (SSSR count). The number of nitrogens with one attached hydrogen (secondary N) is 1. The minimum Gasteiger partial charge on any atom is -0.461 e. The molecule has 0 heterocycles. The van der Waals surface area contributed by atoms with Crippen molar-refractivity contribution in [2.45, 2.75) is 44.9 Å². The highest BCUT2D eigenvalue weighted by atomic mass is 35.5. The van der Waals surface area contributed by atoms with Gasteiger partial charge in [-0.05, 0) is 38.0 Å². The first-order valence-electron chi connectivity index (χ1n) is 8.27. The Hall–Kier alpha value is -2.54. The monoisotopic (exact) mass is 395 g/mol. The van der Waals surface area contributed by atoms with Gasteiger partial charge < -0.3 is 20.3 Å². The topological polar surface area (TPSA) is 118 Å². The second-order valence-electron chi connectivity index (χ2n) is 5.96. The predicted molar refractivity (Wildman–Crippen MR) is 98.3 cm³/mol. The third kappa shape index (κ3) is 7.70. The first-order chi connectivity index (χ1) is 12.8. The van der Waals surface area contributed by atoms with Crippen LogP contribution in [0.3, 0.4) is 0 Å². The summed E-state index contributed by atoms with van der Waals surface area (Å²) in [6.45, 7) is 3.35. The second kappa shape index (κ2) is 11.2. The van der Waals surface area contributed by atoms with E-state index in [0.717, 1.165) is 6.21 Å². The molecular formula is C18H22ClN3O5. The summed E-state index contributed by atoms with van der Waals surface area (Å²) < 4.78 is 10.4. The van der Waals surface area contributed by atoms with Crippen LogP contribution < -0.4 is 5.32 Å². The third-order valence-electron chi connectivity index (χ3n) is 3.48. The van der Waals surface area contributed by atoms with Gasteiger partial charge in [-0.15, -0.1) is 0 Å². The lowest BCUT2D eigenvalue weighted by Gasteiger charge is -2.22. The van der Waals surface area contributed by atoms with Crippen LogP contribution in [0.25, 0.3) is 5.53 Å². The summed E-state index contributed by atoms with van der Waals surface area (Å²) in [5, 5.41) is 3.06. The maximum absolute atomic E-state index is 12.6. The number of hydrogen-bond donors (Lipinski definition) is 1. The molecule has 0 saturated heterocycles. The molecule has 0 aliphatic carbocycles. The number of rotatable bonds is 10. The number of benzene rings is 1. The Bertz CT molecular complexity index is 714. The minimum absolute atomic E-state index is 0.0147. The highest BCUT2D eigenvalue weighted by Crippen LogP contribution is 2.20. The van der Waals surface area contributed by atoms with E-state index in [0.29, 0.717) is 10.6 Å². The molecular weight excluding hydrogens is 374 g/mol. The fourth-order valence-corrected chi connectivity index (χ4v) is 2.38. The van der Waals surface area contributed by atoms with Gasteiger partial charge in [-0.2, -0.15) is 4.79 Å². The molecule has 9 heteroatoms. The van der Waals surface area contributed by atoms with Gasteiger partial charge in [-0.1, -0.05) is 23.7 Å². The van der Waals surface area contributed by atoms with Crippen molar-refractivity contribution < 1.29 is 28.6 Å². The van der Waals surface area contributed by atoms with Crippen LogP contribution in [0.1, 0.15) is 38.4 Å². The summed E-state index contributed by atoms with van der Waals surface area (Å²) >= 11 is 5.85. The fraction of sp³-hybridized carbons (Fsp3) is 0.444. The normalized spacial score (nSPS) is 12.6. The smallest absolute Gasteiger partial charge is 0.328 e. The molecule has 0 aliphatic rings. The number of amides is 1. The van der Waals surface area contributed by atoms with Crippen molar-refractivity contribution >= 4 is 35.5 Å². The van der Waals surface area contributed by atoms with Gasteiger partial charge in [0.15, 0.2) is 6.10 Å². The first-order valence-corrected chi connectivity index (χ1v) is 8.65. The molecule has 1 N–H and O–H groups in total. The number of esters is 1. The summed E-state index contributed by atoms with van der Waals surface area (Å²) in [4.78, 5) is 39.0. The number of carbonyl (C=O) groups is 3. The molecule has 0 saturated carbocycles. The zero-order valence-corrected chi connectivity index (χ0v) is 16.1. The number of nitrogens with zero attached hydrogens (tertiary/aromatic N) is 2. The molecule has 0 spiro atoms. The summed E-state index contributed by atoms with van der Waals surface area (Å²) in [5.41, 5.74) is 8.94. The molecule has 1 aromatic rings. The van der Waals surface area contributed by atoms with Crippen molar-refractivity contribution in [3.8, 4) is 0 Å². The third-order valence-corrected chi connectivity index (χ3v) is 3.73. The van der Waals surface area contributed by atoms with Crippen LogP contribution in [0.4, 0.5) is 0 Å². The summed E-state index contributed by atoms with van der Waals surface area (Å²) in [6, 6.07) is 5.46. The number of ketones is 1. The van der Waals surface area contributed by atoms with E-state index in [1.165, 1.54) is 7.11 Å². The molecule has 27 heavy (non-hydrogen) atoms. The molecule has 0 unspecified atom stereocenters. The Morgan fingerprint density at radius 1 is 1.26 bits per heavy atom. The van der Waals surface area contributed by atoms with Gasteiger partial charge in [-0.3, -0.25) is 9.59 Å². The highest BCUT2D eigenvalue weighted by Gasteiger charge is 2.28. The number of ether oxygens (including phenoxy) is 2. The van der Waals surface area contributed by atoms with E-state index >= 15 is 0 Å². The van der Waals surface area contributed by atoms with Crippen LogP contribution in [0.15, 0.2) is 24.3 Å². The lowest BCUT2D eigenvalue weighted by atomic mass is 10.1. The van der Waals surface area contributed by atoms with E-state index in [2.05, 4.69) is 10.1 Å². The number of hydrogen-bond acceptors (Lipinski definition) is 5. The Labute approximate surface area is 162 Å². The molecule has 0 fully saturated rings. The number of Topliss-reactive ketones (excluding diaryl/α,β-unsaturated/α-hetero) is 1. The zero-order chi connectivity index (χ0) is 20.4. The lowest BCUT2D eigenvalue weighted by Crippen LogP contribution is -2.45. The van der Waals surface area contributed by atoms with Crippen LogP contribution in [0, 0.1) is 0 Å². The van der Waals surface area contributed by atoms with Gasteiger partial charge in [-0.25, -0.2) is 4.79 Å². The molecule has 0 bridgehead atoms. The average Bonchev–Trinajstić information content (AvgIpc) is 2.60. The molecule has 0 aliphatic heterocycles. The Balaban J connectivity index is 2.91. The summed E-state index contributed by atoms with van der Waals surface area (Å²) in [6.07, 6.45) is -0.745. The van der Waals surface area contributed by atoms with Crippen LogP contribution in [0.2, 0.25) is 5.02 Å². The SMILES string of the molecule is CO[C@H](C(=O)N[C@@H](CCC(=O)C=[N+]=[N-])C(=O)OC(C)C)c1ccc(Cl)cc1. The molecule has 2 atom stereocenters. The minimum atomic E-state index is -1.05. The van der Waals surface area contributed by atoms with Crippen molar-refractivity contribution in [1.29, 1.82) is 0 Å². The van der Waals surface area contributed by atoms with E-state index in [1.54, 1.807) is 38.1 Å². The van der Waals surface area contributed by atoms with E-state index in [9.17, 15) is 14.4 Å². The fourth-order valence-electron chi connectivity index (χ4n) is 2.26. The molecule has 8 nitrogen and oxygen atoms in total. The number of carbonyl (C=O) groups excluding carboxylic acids is 3. The maximum atomic E-state index is 12.6. The molecule has 1 aromatic carbocycles. The van der Waals surface area contributed by atoms with Gasteiger partial charge in [0.1, 0.15) is 6.04 Å². The summed E-state index contributed by atoms with van der Waals surface area (Å²) in [7, 11) is 1.36. The molecule has 1 amide bonds. The standard InChI is InChI=1S/C18H22ClN3O5/c1-11(2)27-18(25)15(9-8-14(23)10-21-20)22-17(24)16(26-3)12-4-6-13(19)7-5-12/h4-7,10-11,15-16H,8-9H2,1-3H3,(H,22,24)/t15-,16-/m0/s1. The van der Waals surface area contributed by atoms with Gasteiger partial charge in [0.25, 0.3) is 5.91 Å². The van der Waals surface area contributed by atoms with Gasteiger partial charge >= 0.3 is 12.2 Å². The van der Waals surface area contributed by atoms with E-state index < -0.39 is 29.8 Å². The predicted octanol–water partition coefficient (Wildman–Crippen LogP) is 2.11. The van der Waals surface area contributed by atoms with Gasteiger partial charge in [0.05, 0.1) is 6.10 Å². The average molecular weight is 396 g/mol. The lowest BCUT2D eigenvalue weighted by molar-refractivity contribution is -0.152. The second-order valence-corrected chi connectivity index (χ2v) is 6.40. The van der Waals surface area contributed by atoms with Crippen molar-refractivity contribution in [3.05, 3.63) is 40.4 Å². The van der Waals surface area contributed by atoms with Crippen LogP contribution in [-0.4, -0.2) is 47.9 Å². The first kappa shape index (κ1) is 22.5. The van der Waals surface area contributed by atoms with Gasteiger partial charge in [0, 0.05) is 18.6 Å². The van der Waals surface area contributed by atoms with Crippen LogP contribution in [0.5, 0.6) is 0 Å². The molecule has 0 radical (unpaired) electrons. The van der Waals surface area contributed by atoms with Crippen LogP contribution in [-0.2, 0) is 23.9 Å². The maximum Gasteiger partial charge on any atom is 0.328 e.